The van der Waals surface area contributed by atoms with Crippen molar-refractivity contribution >= 4 is 17.5 Å². The minimum Gasteiger partial charge on any atom is -0.393 e. The van der Waals surface area contributed by atoms with E-state index in [1.807, 2.05) is 18.2 Å². The number of benzene rings is 1. The van der Waals surface area contributed by atoms with E-state index in [1.165, 1.54) is 0 Å². The van der Waals surface area contributed by atoms with Gasteiger partial charge in [-0.2, -0.15) is 5.10 Å². The van der Waals surface area contributed by atoms with E-state index in [9.17, 15) is 9.90 Å². The fraction of sp³-hybridized carbons (Fsp3) is 0.444. The topological polar surface area (TPSA) is 58.4 Å². The highest BCUT2D eigenvalue weighted by Gasteiger charge is 2.29. The lowest BCUT2D eigenvalue weighted by atomic mass is 10.0. The molecule has 1 fully saturated rings. The van der Waals surface area contributed by atoms with E-state index >= 15 is 0 Å². The van der Waals surface area contributed by atoms with Crippen molar-refractivity contribution in [3.8, 4) is 11.3 Å². The van der Waals surface area contributed by atoms with Crippen molar-refractivity contribution in [2.24, 2.45) is 13.0 Å². The molecule has 24 heavy (non-hydrogen) atoms. The van der Waals surface area contributed by atoms with Crippen molar-refractivity contribution in [3.05, 3.63) is 41.0 Å². The third-order valence-corrected chi connectivity index (χ3v) is 4.99. The summed E-state index contributed by atoms with van der Waals surface area (Å²) in [4.78, 5) is 14.6. The first-order valence-electron chi connectivity index (χ1n) is 8.19. The van der Waals surface area contributed by atoms with E-state index in [0.29, 0.717) is 22.8 Å². The Morgan fingerprint density at radius 2 is 2.17 bits per heavy atom. The van der Waals surface area contributed by atoms with Gasteiger partial charge in [-0.1, -0.05) is 36.2 Å². The maximum absolute atomic E-state index is 12.9. The standard InChI is InChI=1S/C18H22ClN3O2/c1-21(10-12-6-5-9-16(12)23)18(24)14-11-22(2)20-17(14)13-7-3-4-8-15(13)19/h3-4,7-8,11-12,16,23H,5-6,9-10H2,1-2H3. The molecule has 0 bridgehead atoms. The fourth-order valence-electron chi connectivity index (χ4n) is 3.37. The molecule has 1 aromatic carbocycles. The molecule has 1 heterocycles. The quantitative estimate of drug-likeness (QED) is 0.925. The van der Waals surface area contributed by atoms with Crippen molar-refractivity contribution in [3.63, 3.8) is 0 Å². The highest BCUT2D eigenvalue weighted by atomic mass is 35.5. The van der Waals surface area contributed by atoms with Crippen LogP contribution in [0, 0.1) is 5.92 Å². The molecule has 0 radical (unpaired) electrons. The van der Waals surface area contributed by atoms with Gasteiger partial charge in [0.05, 0.1) is 16.7 Å². The fourth-order valence-corrected chi connectivity index (χ4v) is 3.59. The molecule has 5 nitrogen and oxygen atoms in total. The van der Waals surface area contributed by atoms with Gasteiger partial charge in [0.2, 0.25) is 0 Å². The zero-order valence-corrected chi connectivity index (χ0v) is 14.7. The molecule has 0 aliphatic heterocycles. The van der Waals surface area contributed by atoms with Gasteiger partial charge in [0.25, 0.3) is 5.91 Å². The minimum absolute atomic E-state index is 0.0999. The first kappa shape index (κ1) is 17.0. The van der Waals surface area contributed by atoms with Gasteiger partial charge in [0.1, 0.15) is 5.69 Å². The molecule has 1 aromatic heterocycles. The van der Waals surface area contributed by atoms with Gasteiger partial charge >= 0.3 is 0 Å². The van der Waals surface area contributed by atoms with Crippen molar-refractivity contribution in [1.29, 1.82) is 0 Å². The summed E-state index contributed by atoms with van der Waals surface area (Å²) < 4.78 is 1.63. The van der Waals surface area contributed by atoms with Crippen LogP contribution in [0.15, 0.2) is 30.5 Å². The van der Waals surface area contributed by atoms with E-state index in [0.717, 1.165) is 24.8 Å². The lowest BCUT2D eigenvalue weighted by Gasteiger charge is -2.23. The van der Waals surface area contributed by atoms with Gasteiger partial charge in [0, 0.05) is 38.3 Å². The zero-order valence-electron chi connectivity index (χ0n) is 13.9. The predicted octanol–water partition coefficient (Wildman–Crippen LogP) is 2.97. The number of halogens is 1. The van der Waals surface area contributed by atoms with Crippen LogP contribution in [0.3, 0.4) is 0 Å². The van der Waals surface area contributed by atoms with Gasteiger partial charge < -0.3 is 10.0 Å². The molecule has 1 amide bonds. The average Bonchev–Trinajstić information content (AvgIpc) is 3.13. The Balaban J connectivity index is 1.86. The Morgan fingerprint density at radius 3 is 2.83 bits per heavy atom. The summed E-state index contributed by atoms with van der Waals surface area (Å²) in [6.45, 7) is 0.552. The molecule has 128 valence electrons. The van der Waals surface area contributed by atoms with Gasteiger partial charge in [0.15, 0.2) is 0 Å². The van der Waals surface area contributed by atoms with Crippen molar-refractivity contribution in [1.82, 2.24) is 14.7 Å². The number of aliphatic hydroxyl groups is 1. The number of rotatable bonds is 4. The molecular weight excluding hydrogens is 326 g/mol. The number of hydrogen-bond acceptors (Lipinski definition) is 3. The second-order valence-corrected chi connectivity index (χ2v) is 6.90. The number of carbonyl (C=O) groups excluding carboxylic acids is 1. The molecule has 2 unspecified atom stereocenters. The van der Waals surface area contributed by atoms with Crippen LogP contribution in [-0.4, -0.2) is 45.4 Å². The van der Waals surface area contributed by atoms with E-state index in [2.05, 4.69) is 5.10 Å². The molecule has 1 aliphatic rings. The summed E-state index contributed by atoms with van der Waals surface area (Å²) >= 11 is 6.27. The monoisotopic (exact) mass is 347 g/mol. The minimum atomic E-state index is -0.308. The van der Waals surface area contributed by atoms with Crippen LogP contribution in [-0.2, 0) is 7.05 Å². The first-order valence-corrected chi connectivity index (χ1v) is 8.57. The van der Waals surface area contributed by atoms with Crippen LogP contribution in [0.4, 0.5) is 0 Å². The van der Waals surface area contributed by atoms with E-state index < -0.39 is 0 Å². The molecule has 3 rings (SSSR count). The number of amides is 1. The van der Waals surface area contributed by atoms with Crippen molar-refractivity contribution in [2.75, 3.05) is 13.6 Å². The van der Waals surface area contributed by atoms with E-state index in [4.69, 9.17) is 11.6 Å². The normalized spacial score (nSPS) is 20.3. The summed E-state index contributed by atoms with van der Waals surface area (Å²) in [7, 11) is 3.56. The summed E-state index contributed by atoms with van der Waals surface area (Å²) in [5.41, 5.74) is 1.87. The molecular formula is C18H22ClN3O2. The van der Waals surface area contributed by atoms with Crippen molar-refractivity contribution in [2.45, 2.75) is 25.4 Å². The molecule has 1 saturated carbocycles. The van der Waals surface area contributed by atoms with Crippen LogP contribution in [0.1, 0.15) is 29.6 Å². The number of aromatic nitrogens is 2. The van der Waals surface area contributed by atoms with Gasteiger partial charge in [-0.15, -0.1) is 0 Å². The Morgan fingerprint density at radius 1 is 1.42 bits per heavy atom. The smallest absolute Gasteiger partial charge is 0.257 e. The third-order valence-electron chi connectivity index (χ3n) is 4.66. The molecule has 0 saturated heterocycles. The SMILES string of the molecule is CN(CC1CCCC1O)C(=O)c1cn(C)nc1-c1ccccc1Cl. The molecule has 0 spiro atoms. The van der Waals surface area contributed by atoms with Gasteiger partial charge in [-0.3, -0.25) is 9.48 Å². The molecule has 1 N–H and O–H groups in total. The highest BCUT2D eigenvalue weighted by Crippen LogP contribution is 2.30. The third kappa shape index (κ3) is 3.32. The van der Waals surface area contributed by atoms with E-state index in [-0.39, 0.29) is 17.9 Å². The Hall–Kier alpha value is -1.85. The lowest BCUT2D eigenvalue weighted by molar-refractivity contribution is 0.0694. The maximum Gasteiger partial charge on any atom is 0.257 e. The highest BCUT2D eigenvalue weighted by molar-refractivity contribution is 6.33. The van der Waals surface area contributed by atoms with Crippen molar-refractivity contribution < 1.29 is 9.90 Å². The van der Waals surface area contributed by atoms with Crippen LogP contribution in [0.25, 0.3) is 11.3 Å². The number of nitrogens with zero attached hydrogens (tertiary/aromatic N) is 3. The second kappa shape index (κ2) is 6.95. The molecule has 1 aliphatic carbocycles. The first-order chi connectivity index (χ1) is 11.5. The maximum atomic E-state index is 12.9. The molecule has 2 aromatic rings. The number of aliphatic hydroxyl groups excluding tert-OH is 1. The van der Waals surface area contributed by atoms with Gasteiger partial charge in [-0.05, 0) is 18.9 Å². The number of aryl methyl sites for hydroxylation is 1. The van der Waals surface area contributed by atoms with Crippen LogP contribution in [0.2, 0.25) is 5.02 Å². The number of hydrogen-bond donors (Lipinski definition) is 1. The van der Waals surface area contributed by atoms with Crippen LogP contribution < -0.4 is 0 Å². The zero-order chi connectivity index (χ0) is 17.3. The summed E-state index contributed by atoms with van der Waals surface area (Å²) in [6, 6.07) is 7.38. The summed E-state index contributed by atoms with van der Waals surface area (Å²) in [5, 5.41) is 15.0. The Labute approximate surface area is 146 Å². The Kier molecular flexibility index (Phi) is 4.92. The predicted molar refractivity (Wildman–Crippen MR) is 94.0 cm³/mol. The lowest BCUT2D eigenvalue weighted by Crippen LogP contribution is -2.34. The van der Waals surface area contributed by atoms with Crippen LogP contribution >= 0.6 is 11.6 Å². The Bertz CT molecular complexity index is 744. The number of carbonyl (C=O) groups is 1. The summed E-state index contributed by atoms with van der Waals surface area (Å²) in [6.07, 6.45) is 4.22. The average molecular weight is 348 g/mol. The van der Waals surface area contributed by atoms with Gasteiger partial charge in [-0.25, -0.2) is 0 Å². The molecule has 6 heteroatoms. The van der Waals surface area contributed by atoms with E-state index in [1.54, 1.807) is 35.9 Å². The van der Waals surface area contributed by atoms with Crippen LogP contribution in [0.5, 0.6) is 0 Å². The largest absolute Gasteiger partial charge is 0.393 e. The molecule has 2 atom stereocenters. The second-order valence-electron chi connectivity index (χ2n) is 6.49. The summed E-state index contributed by atoms with van der Waals surface area (Å²) in [5.74, 6) is 0.0523.